The van der Waals surface area contributed by atoms with Gasteiger partial charge < -0.3 is 20.9 Å². The van der Waals surface area contributed by atoms with Gasteiger partial charge in [0.05, 0.1) is 6.54 Å². The molecule has 3 aromatic rings. The molecule has 1 aliphatic heterocycles. The Hall–Kier alpha value is -2.95. The zero-order chi connectivity index (χ0) is 22.2. The molecule has 0 atom stereocenters. The number of anilines is 2. The van der Waals surface area contributed by atoms with Crippen molar-refractivity contribution in [3.63, 3.8) is 0 Å². The van der Waals surface area contributed by atoms with E-state index in [9.17, 15) is 4.39 Å². The molecule has 0 unspecified atom stereocenters. The van der Waals surface area contributed by atoms with Crippen molar-refractivity contribution in [3.8, 4) is 0 Å². The number of rotatable bonds is 7. The van der Waals surface area contributed by atoms with E-state index in [2.05, 4.69) is 36.1 Å². The fourth-order valence-electron chi connectivity index (χ4n) is 3.67. The number of hydrogen-bond acceptors (Lipinski definition) is 5. The number of guanidine groups is 1. The Morgan fingerprint density at radius 2 is 1.73 bits per heavy atom. The lowest BCUT2D eigenvalue weighted by Gasteiger charge is -2.36. The minimum atomic E-state index is -0.208. The lowest BCUT2D eigenvalue weighted by molar-refractivity contribution is 0.624. The third-order valence-electron chi connectivity index (χ3n) is 5.45. The van der Waals surface area contributed by atoms with E-state index in [0.29, 0.717) is 19.0 Å². The third-order valence-corrected chi connectivity index (χ3v) is 5.45. The molecule has 0 amide bonds. The van der Waals surface area contributed by atoms with Crippen LogP contribution in [0.1, 0.15) is 11.3 Å². The molecule has 7 nitrogen and oxygen atoms in total. The van der Waals surface area contributed by atoms with Crippen LogP contribution in [-0.2, 0) is 13.0 Å². The Labute approximate surface area is 211 Å². The predicted molar refractivity (Wildman–Crippen MR) is 142 cm³/mol. The molecular weight excluding hydrogens is 532 g/mol. The number of nitrogens with two attached hydrogens (primary N) is 1. The standard InChI is InChI=1S/C24H28FN7.HI/c25-20-4-6-22(7-5-20)31-13-15-32(16-14-31)23-17-19(8-11-28-23)18-30-24(26)29-12-9-21-3-1-2-10-27-21;/h1-8,10-11,17H,9,12-16,18H2,(H3,26,29,30);1H. The fourth-order valence-corrected chi connectivity index (χ4v) is 3.67. The largest absolute Gasteiger partial charge is 0.370 e. The Kier molecular flexibility index (Phi) is 9.23. The Morgan fingerprint density at radius 1 is 0.970 bits per heavy atom. The highest BCUT2D eigenvalue weighted by Gasteiger charge is 2.18. The lowest BCUT2D eigenvalue weighted by atomic mass is 10.2. The van der Waals surface area contributed by atoms with Crippen molar-refractivity contribution in [2.75, 3.05) is 42.5 Å². The van der Waals surface area contributed by atoms with Crippen LogP contribution in [0.15, 0.2) is 72.0 Å². The summed E-state index contributed by atoms with van der Waals surface area (Å²) in [6.07, 6.45) is 4.40. The van der Waals surface area contributed by atoms with Gasteiger partial charge >= 0.3 is 0 Å². The quantitative estimate of drug-likeness (QED) is 0.262. The number of piperazine rings is 1. The number of aliphatic imine (C=N–C) groups is 1. The van der Waals surface area contributed by atoms with E-state index < -0.39 is 0 Å². The van der Waals surface area contributed by atoms with Crippen molar-refractivity contribution in [1.82, 2.24) is 15.3 Å². The number of nitrogens with zero attached hydrogens (tertiary/aromatic N) is 5. The normalized spacial score (nSPS) is 14.0. The molecule has 0 spiro atoms. The second kappa shape index (κ2) is 12.3. The van der Waals surface area contributed by atoms with Crippen LogP contribution in [0.25, 0.3) is 0 Å². The number of aromatic nitrogens is 2. The molecule has 9 heteroatoms. The van der Waals surface area contributed by atoms with Crippen molar-refractivity contribution in [1.29, 1.82) is 0 Å². The van der Waals surface area contributed by atoms with E-state index in [-0.39, 0.29) is 29.8 Å². The van der Waals surface area contributed by atoms with Gasteiger partial charge in [0.1, 0.15) is 11.6 Å². The zero-order valence-corrected chi connectivity index (χ0v) is 20.7. The van der Waals surface area contributed by atoms with Crippen LogP contribution in [-0.4, -0.2) is 48.7 Å². The summed E-state index contributed by atoms with van der Waals surface area (Å²) < 4.78 is 13.2. The highest BCUT2D eigenvalue weighted by Crippen LogP contribution is 2.20. The van der Waals surface area contributed by atoms with Crippen LogP contribution in [0.5, 0.6) is 0 Å². The molecule has 3 N–H and O–H groups in total. The third kappa shape index (κ3) is 7.28. The van der Waals surface area contributed by atoms with E-state index in [1.807, 2.05) is 42.6 Å². The van der Waals surface area contributed by atoms with Gasteiger partial charge in [-0.2, -0.15) is 0 Å². The first-order chi connectivity index (χ1) is 15.7. The summed E-state index contributed by atoms with van der Waals surface area (Å²) in [6, 6.07) is 16.6. The molecule has 0 radical (unpaired) electrons. The highest BCUT2D eigenvalue weighted by atomic mass is 127. The smallest absolute Gasteiger partial charge is 0.188 e. The average Bonchev–Trinajstić information content (AvgIpc) is 2.84. The van der Waals surface area contributed by atoms with E-state index >= 15 is 0 Å². The van der Waals surface area contributed by atoms with E-state index in [1.165, 1.54) is 12.1 Å². The summed E-state index contributed by atoms with van der Waals surface area (Å²) in [7, 11) is 0. The van der Waals surface area contributed by atoms with E-state index in [0.717, 1.165) is 55.4 Å². The van der Waals surface area contributed by atoms with Gasteiger partial charge in [-0.3, -0.25) is 4.98 Å². The van der Waals surface area contributed by atoms with Gasteiger partial charge in [-0.05, 0) is 54.1 Å². The van der Waals surface area contributed by atoms with Crippen LogP contribution in [0.2, 0.25) is 0 Å². The molecule has 4 rings (SSSR count). The van der Waals surface area contributed by atoms with E-state index in [4.69, 9.17) is 5.73 Å². The summed E-state index contributed by atoms with van der Waals surface area (Å²) in [5.74, 6) is 1.16. The Bertz CT molecular complexity index is 1020. The maximum atomic E-state index is 13.2. The number of benzene rings is 1. The molecule has 1 fully saturated rings. The second-order valence-electron chi connectivity index (χ2n) is 7.67. The number of halogens is 2. The van der Waals surface area contributed by atoms with Crippen LogP contribution in [0, 0.1) is 5.82 Å². The Balaban J connectivity index is 0.00000306. The summed E-state index contributed by atoms with van der Waals surface area (Å²) in [5, 5.41) is 3.14. The number of pyridine rings is 2. The van der Waals surface area contributed by atoms with Gasteiger partial charge in [-0.15, -0.1) is 24.0 Å². The maximum absolute atomic E-state index is 13.2. The minimum absolute atomic E-state index is 0. The van der Waals surface area contributed by atoms with Gasteiger partial charge in [-0.25, -0.2) is 14.4 Å². The van der Waals surface area contributed by atoms with Crippen LogP contribution >= 0.6 is 24.0 Å². The van der Waals surface area contributed by atoms with Gasteiger partial charge in [0.25, 0.3) is 0 Å². The predicted octanol–water partition coefficient (Wildman–Crippen LogP) is 3.21. The maximum Gasteiger partial charge on any atom is 0.188 e. The SMILES string of the molecule is I.NC(=NCc1ccnc(N2CCN(c3ccc(F)cc3)CC2)c1)NCCc1ccccn1. The topological polar surface area (TPSA) is 82.7 Å². The van der Waals surface area contributed by atoms with Crippen molar-refractivity contribution < 1.29 is 4.39 Å². The summed E-state index contributed by atoms with van der Waals surface area (Å²) in [5.41, 5.74) is 9.14. The molecule has 174 valence electrons. The van der Waals surface area contributed by atoms with Crippen LogP contribution in [0.4, 0.5) is 15.9 Å². The second-order valence-corrected chi connectivity index (χ2v) is 7.67. The number of hydrogen-bond donors (Lipinski definition) is 2. The molecule has 0 bridgehead atoms. The van der Waals surface area contributed by atoms with Crippen LogP contribution < -0.4 is 20.9 Å². The first kappa shape index (κ1) is 24.7. The van der Waals surface area contributed by atoms with Crippen LogP contribution in [0.3, 0.4) is 0 Å². The van der Waals surface area contributed by atoms with Crippen molar-refractivity contribution in [3.05, 3.63) is 84.1 Å². The Morgan fingerprint density at radius 3 is 2.45 bits per heavy atom. The van der Waals surface area contributed by atoms with E-state index in [1.54, 1.807) is 6.20 Å². The fraction of sp³-hybridized carbons (Fsp3) is 0.292. The number of nitrogens with one attached hydrogen (secondary N) is 1. The molecule has 0 saturated carbocycles. The first-order valence-corrected chi connectivity index (χ1v) is 10.8. The summed E-state index contributed by atoms with van der Waals surface area (Å²) >= 11 is 0. The van der Waals surface area contributed by atoms with Crippen molar-refractivity contribution in [2.45, 2.75) is 13.0 Å². The molecule has 2 aromatic heterocycles. The zero-order valence-electron chi connectivity index (χ0n) is 18.4. The van der Waals surface area contributed by atoms with Crippen molar-refractivity contribution >= 4 is 41.4 Å². The summed E-state index contributed by atoms with van der Waals surface area (Å²) in [4.78, 5) is 17.8. The lowest BCUT2D eigenvalue weighted by Crippen LogP contribution is -2.46. The highest BCUT2D eigenvalue weighted by molar-refractivity contribution is 14.0. The van der Waals surface area contributed by atoms with Gasteiger partial charge in [0, 0.05) is 62.9 Å². The average molecular weight is 561 g/mol. The molecule has 1 saturated heterocycles. The molecule has 1 aromatic carbocycles. The van der Waals surface area contributed by atoms with Crippen molar-refractivity contribution in [2.24, 2.45) is 10.7 Å². The van der Waals surface area contributed by atoms with Gasteiger partial charge in [0.2, 0.25) is 0 Å². The molecule has 1 aliphatic rings. The molecule has 33 heavy (non-hydrogen) atoms. The summed E-state index contributed by atoms with van der Waals surface area (Å²) in [6.45, 7) is 4.62. The van der Waals surface area contributed by atoms with Gasteiger partial charge in [0.15, 0.2) is 5.96 Å². The monoisotopic (exact) mass is 561 g/mol. The molecule has 0 aliphatic carbocycles. The first-order valence-electron chi connectivity index (χ1n) is 10.8. The van der Waals surface area contributed by atoms with Gasteiger partial charge in [-0.1, -0.05) is 6.07 Å². The minimum Gasteiger partial charge on any atom is -0.370 e. The molecule has 3 heterocycles. The molecular formula is C24H29FIN7.